The van der Waals surface area contributed by atoms with Gasteiger partial charge >= 0.3 is 0 Å². The molecule has 1 aliphatic rings. The van der Waals surface area contributed by atoms with E-state index in [-0.39, 0.29) is 13.2 Å². The maximum Gasteiger partial charge on any atom is 0.272 e. The molecule has 1 fully saturated rings. The molecule has 8 heavy (non-hydrogen) atoms. The fourth-order valence-electron chi connectivity index (χ4n) is 0.386. The zero-order valence-corrected chi connectivity index (χ0v) is 4.89. The van der Waals surface area contributed by atoms with Gasteiger partial charge in [0.1, 0.15) is 5.25 Å². The Kier molecular flexibility index (Phi) is 1.26. The maximum absolute atomic E-state index is 10.1. The molecule has 0 saturated carbocycles. The van der Waals surface area contributed by atoms with Crippen LogP contribution in [-0.2, 0) is 14.9 Å². The largest absolute Gasteiger partial charge is 0.378 e. The van der Waals surface area contributed by atoms with Crippen molar-refractivity contribution in [2.75, 3.05) is 13.2 Å². The zero-order chi connectivity index (χ0) is 6.20. The second kappa shape index (κ2) is 1.68. The van der Waals surface area contributed by atoms with Gasteiger partial charge in [-0.15, -0.1) is 0 Å². The van der Waals surface area contributed by atoms with Gasteiger partial charge in [0, 0.05) is 0 Å². The molecular weight excluding hydrogens is 132 g/mol. The molecule has 0 aliphatic carbocycles. The van der Waals surface area contributed by atoms with E-state index in [0.29, 0.717) is 0 Å². The van der Waals surface area contributed by atoms with Crippen molar-refractivity contribution in [3.05, 3.63) is 0 Å². The molecule has 5 heteroatoms. The fraction of sp³-hybridized carbons (Fsp3) is 1.00. The van der Waals surface area contributed by atoms with Gasteiger partial charge in [0.2, 0.25) is 0 Å². The first-order valence-electron chi connectivity index (χ1n) is 2.15. The molecular formula is C3H6O4S. The first-order chi connectivity index (χ1) is 3.61. The van der Waals surface area contributed by atoms with Crippen LogP contribution in [0.5, 0.6) is 0 Å². The van der Waals surface area contributed by atoms with Gasteiger partial charge in [-0.2, -0.15) is 8.42 Å². The van der Waals surface area contributed by atoms with Gasteiger partial charge in [-0.05, 0) is 0 Å². The molecule has 4 nitrogen and oxygen atoms in total. The lowest BCUT2D eigenvalue weighted by atomic mass is 10.4. The third-order valence-electron chi connectivity index (χ3n) is 1.03. The number of ether oxygens (including phenoxy) is 1. The molecule has 0 aromatic carbocycles. The van der Waals surface area contributed by atoms with Gasteiger partial charge < -0.3 is 4.74 Å². The molecule has 0 atom stereocenters. The molecule has 1 N–H and O–H groups in total. The highest BCUT2D eigenvalue weighted by molar-refractivity contribution is 7.86. The van der Waals surface area contributed by atoms with Gasteiger partial charge in [0.05, 0.1) is 13.2 Å². The van der Waals surface area contributed by atoms with Crippen molar-refractivity contribution in [3.8, 4) is 0 Å². The zero-order valence-electron chi connectivity index (χ0n) is 4.07. The Bertz CT molecular complexity index is 166. The molecule has 0 spiro atoms. The van der Waals surface area contributed by atoms with Crippen LogP contribution in [0.4, 0.5) is 0 Å². The van der Waals surface area contributed by atoms with Gasteiger partial charge in [0.15, 0.2) is 0 Å². The third kappa shape index (κ3) is 0.988. The minimum absolute atomic E-state index is 0.138. The SMILES string of the molecule is O=S(=O)(O)C1COC1. The van der Waals surface area contributed by atoms with Crippen molar-refractivity contribution in [3.63, 3.8) is 0 Å². The highest BCUT2D eigenvalue weighted by atomic mass is 32.2. The lowest BCUT2D eigenvalue weighted by molar-refractivity contribution is 0.0385. The Labute approximate surface area is 47.2 Å². The van der Waals surface area contributed by atoms with Crippen molar-refractivity contribution in [2.24, 2.45) is 0 Å². The Hall–Kier alpha value is -0.130. The Morgan fingerprint density at radius 3 is 2.00 bits per heavy atom. The van der Waals surface area contributed by atoms with Gasteiger partial charge in [-0.25, -0.2) is 0 Å². The van der Waals surface area contributed by atoms with Crippen LogP contribution in [0.15, 0.2) is 0 Å². The smallest absolute Gasteiger partial charge is 0.272 e. The van der Waals surface area contributed by atoms with Crippen LogP contribution in [0.1, 0.15) is 0 Å². The van der Waals surface area contributed by atoms with Crippen LogP contribution in [0, 0.1) is 0 Å². The molecule has 0 aromatic rings. The summed E-state index contributed by atoms with van der Waals surface area (Å²) in [7, 11) is -3.79. The summed E-state index contributed by atoms with van der Waals surface area (Å²) >= 11 is 0. The summed E-state index contributed by atoms with van der Waals surface area (Å²) in [6, 6.07) is 0. The number of hydrogen-bond acceptors (Lipinski definition) is 3. The molecule has 1 rings (SSSR count). The monoisotopic (exact) mass is 138 g/mol. The van der Waals surface area contributed by atoms with Crippen LogP contribution in [0.2, 0.25) is 0 Å². The van der Waals surface area contributed by atoms with Crippen LogP contribution < -0.4 is 0 Å². The lowest BCUT2D eigenvalue weighted by Gasteiger charge is -2.22. The third-order valence-corrected chi connectivity index (χ3v) is 2.14. The highest BCUT2D eigenvalue weighted by Gasteiger charge is 2.30. The molecule has 0 aromatic heterocycles. The predicted octanol–water partition coefficient (Wildman–Crippen LogP) is -0.727. The molecule has 1 aliphatic heterocycles. The van der Waals surface area contributed by atoms with Gasteiger partial charge in [-0.1, -0.05) is 0 Å². The number of hydrogen-bond donors (Lipinski definition) is 1. The second-order valence-electron chi connectivity index (χ2n) is 1.67. The average Bonchev–Trinajstić information content (AvgIpc) is 1.16. The summed E-state index contributed by atoms with van der Waals surface area (Å²) in [5.74, 6) is 0. The maximum atomic E-state index is 10.1. The molecule has 48 valence electrons. The van der Waals surface area contributed by atoms with E-state index in [2.05, 4.69) is 4.74 Å². The minimum atomic E-state index is -3.79. The van der Waals surface area contributed by atoms with Crippen molar-refractivity contribution >= 4 is 10.1 Å². The summed E-state index contributed by atoms with van der Waals surface area (Å²) < 4.78 is 32.9. The van der Waals surface area contributed by atoms with E-state index < -0.39 is 15.4 Å². The van der Waals surface area contributed by atoms with E-state index in [1.165, 1.54) is 0 Å². The molecule has 0 amide bonds. The highest BCUT2D eigenvalue weighted by Crippen LogP contribution is 2.08. The van der Waals surface area contributed by atoms with Crippen molar-refractivity contribution in [2.45, 2.75) is 5.25 Å². The standard InChI is InChI=1S/C3H6O4S/c4-8(5,6)3-1-7-2-3/h3H,1-2H2,(H,4,5,6). The van der Waals surface area contributed by atoms with Gasteiger partial charge in [0.25, 0.3) is 10.1 Å². The summed E-state index contributed by atoms with van der Waals surface area (Å²) in [5.41, 5.74) is 0. The van der Waals surface area contributed by atoms with E-state index in [1.807, 2.05) is 0 Å². The fourth-order valence-corrected chi connectivity index (χ4v) is 0.922. The molecule has 1 saturated heterocycles. The van der Waals surface area contributed by atoms with Gasteiger partial charge in [-0.3, -0.25) is 4.55 Å². The normalized spacial score (nSPS) is 22.6. The summed E-state index contributed by atoms with van der Waals surface area (Å²) in [5, 5.41) is -0.664. The van der Waals surface area contributed by atoms with Crippen LogP contribution in [0.3, 0.4) is 0 Å². The van der Waals surface area contributed by atoms with E-state index in [4.69, 9.17) is 4.55 Å². The summed E-state index contributed by atoms with van der Waals surface area (Å²) in [6.07, 6.45) is 0. The first-order valence-corrected chi connectivity index (χ1v) is 3.65. The van der Waals surface area contributed by atoms with E-state index >= 15 is 0 Å². The molecule has 1 heterocycles. The summed E-state index contributed by atoms with van der Waals surface area (Å²) in [6.45, 7) is 0.275. The van der Waals surface area contributed by atoms with E-state index in [1.54, 1.807) is 0 Å². The van der Waals surface area contributed by atoms with E-state index in [9.17, 15) is 8.42 Å². The predicted molar refractivity (Wildman–Crippen MR) is 26.2 cm³/mol. The van der Waals surface area contributed by atoms with Crippen LogP contribution in [-0.4, -0.2) is 31.4 Å². The Morgan fingerprint density at radius 2 is 2.00 bits per heavy atom. The van der Waals surface area contributed by atoms with Crippen molar-refractivity contribution in [1.29, 1.82) is 0 Å². The minimum Gasteiger partial charge on any atom is -0.378 e. The molecule has 0 bridgehead atoms. The first kappa shape index (κ1) is 6.00. The van der Waals surface area contributed by atoms with E-state index in [0.717, 1.165) is 0 Å². The molecule has 0 radical (unpaired) electrons. The van der Waals surface area contributed by atoms with Crippen LogP contribution >= 0.6 is 0 Å². The van der Waals surface area contributed by atoms with Crippen molar-refractivity contribution in [1.82, 2.24) is 0 Å². The average molecular weight is 138 g/mol. The number of rotatable bonds is 1. The topological polar surface area (TPSA) is 63.6 Å². The lowest BCUT2D eigenvalue weighted by Crippen LogP contribution is -2.40. The summed E-state index contributed by atoms with van der Waals surface area (Å²) in [4.78, 5) is 0. The quantitative estimate of drug-likeness (QED) is 0.485. The Morgan fingerprint density at radius 1 is 1.50 bits per heavy atom. The van der Waals surface area contributed by atoms with Crippen LogP contribution in [0.25, 0.3) is 0 Å². The Balaban J connectivity index is 2.60. The molecule has 0 unspecified atom stereocenters. The second-order valence-corrected chi connectivity index (χ2v) is 3.37. The van der Waals surface area contributed by atoms with Crippen molar-refractivity contribution < 1.29 is 17.7 Å².